The number of carbonyl (C=O) groups is 1. The number of carbonyl (C=O) groups excluding carboxylic acids is 1. The third-order valence-electron chi connectivity index (χ3n) is 3.43. The maximum Gasteiger partial charge on any atom is 0.248 e. The molecule has 0 aliphatic heterocycles. The number of para-hydroxylation sites is 1. The van der Waals surface area contributed by atoms with Crippen LogP contribution in [0.2, 0.25) is 0 Å². The Labute approximate surface area is 135 Å². The molecule has 0 bridgehead atoms. The van der Waals surface area contributed by atoms with Gasteiger partial charge in [-0.1, -0.05) is 36.4 Å². The number of nitrogens with zero attached hydrogens (tertiary/aromatic N) is 2. The molecule has 2 aromatic carbocycles. The Morgan fingerprint density at radius 3 is 2.78 bits per heavy atom. The van der Waals surface area contributed by atoms with Crippen LogP contribution in [-0.2, 0) is 4.79 Å². The highest BCUT2D eigenvalue weighted by atomic mass is 16.1. The fraction of sp³-hybridized carbons (Fsp3) is 0.0526. The van der Waals surface area contributed by atoms with Crippen molar-refractivity contribution in [3.05, 3.63) is 79.1 Å². The zero-order valence-electron chi connectivity index (χ0n) is 12.8. The highest BCUT2D eigenvalue weighted by Gasteiger charge is 2.07. The highest BCUT2D eigenvalue weighted by Crippen LogP contribution is 2.29. The van der Waals surface area contributed by atoms with Gasteiger partial charge < -0.3 is 5.32 Å². The minimum Gasteiger partial charge on any atom is -0.322 e. The second-order valence-corrected chi connectivity index (χ2v) is 5.04. The van der Waals surface area contributed by atoms with Gasteiger partial charge in [0, 0.05) is 23.6 Å². The Morgan fingerprint density at radius 2 is 2.00 bits per heavy atom. The maximum atomic E-state index is 11.8. The van der Waals surface area contributed by atoms with E-state index in [0.29, 0.717) is 0 Å². The minimum absolute atomic E-state index is 0.136. The predicted molar refractivity (Wildman–Crippen MR) is 92.4 cm³/mol. The zero-order chi connectivity index (χ0) is 16.1. The molecule has 4 heteroatoms. The number of hydrogen-bond acceptors (Lipinski definition) is 2. The van der Waals surface area contributed by atoms with Crippen molar-refractivity contribution < 1.29 is 4.79 Å². The largest absolute Gasteiger partial charge is 0.322 e. The van der Waals surface area contributed by atoms with Crippen molar-refractivity contribution in [2.75, 3.05) is 5.32 Å². The molecule has 0 radical (unpaired) electrons. The van der Waals surface area contributed by atoms with Gasteiger partial charge in [-0.15, -0.1) is 0 Å². The van der Waals surface area contributed by atoms with E-state index < -0.39 is 0 Å². The van der Waals surface area contributed by atoms with Crippen molar-refractivity contribution in [3.63, 3.8) is 0 Å². The second kappa shape index (κ2) is 6.75. The Hall–Kier alpha value is -3.14. The summed E-state index contributed by atoms with van der Waals surface area (Å²) in [7, 11) is 0. The van der Waals surface area contributed by atoms with Gasteiger partial charge >= 0.3 is 0 Å². The van der Waals surface area contributed by atoms with E-state index in [1.54, 1.807) is 12.3 Å². The molecule has 3 aromatic rings. The van der Waals surface area contributed by atoms with Gasteiger partial charge in [0.2, 0.25) is 5.91 Å². The lowest BCUT2D eigenvalue weighted by Crippen LogP contribution is -2.08. The average molecular weight is 303 g/mol. The standard InChI is InChI=1S/C19H17N3O/c1-2-7-19(23)21-18-11-4-3-10-17(18)15-8-5-9-16(14-15)22-13-6-12-20-22/h2-14H,1H3,(H,21,23)/b7-2+. The first kappa shape index (κ1) is 14.8. The molecule has 1 heterocycles. The zero-order valence-corrected chi connectivity index (χ0v) is 12.8. The molecule has 23 heavy (non-hydrogen) atoms. The summed E-state index contributed by atoms with van der Waals surface area (Å²) in [4.78, 5) is 11.8. The average Bonchev–Trinajstić information content (AvgIpc) is 3.10. The summed E-state index contributed by atoms with van der Waals surface area (Å²) in [5, 5.41) is 7.17. The lowest BCUT2D eigenvalue weighted by molar-refractivity contribution is -0.111. The minimum atomic E-state index is -0.136. The summed E-state index contributed by atoms with van der Waals surface area (Å²) in [5.74, 6) is -0.136. The van der Waals surface area contributed by atoms with Gasteiger partial charge in [0.25, 0.3) is 0 Å². The predicted octanol–water partition coefficient (Wildman–Crippen LogP) is 4.05. The first-order valence-corrected chi connectivity index (χ1v) is 7.41. The van der Waals surface area contributed by atoms with E-state index in [1.165, 1.54) is 6.08 Å². The molecule has 0 atom stereocenters. The maximum absolute atomic E-state index is 11.8. The molecule has 1 aromatic heterocycles. The molecule has 0 aliphatic carbocycles. The number of hydrogen-bond donors (Lipinski definition) is 1. The molecular weight excluding hydrogens is 286 g/mol. The molecule has 1 amide bonds. The van der Waals surface area contributed by atoms with E-state index in [9.17, 15) is 4.79 Å². The van der Waals surface area contributed by atoms with Crippen LogP contribution >= 0.6 is 0 Å². The molecule has 4 nitrogen and oxygen atoms in total. The normalized spacial score (nSPS) is 10.8. The van der Waals surface area contributed by atoms with Crippen molar-refractivity contribution in [3.8, 4) is 16.8 Å². The van der Waals surface area contributed by atoms with E-state index in [0.717, 1.165) is 22.5 Å². The summed E-state index contributed by atoms with van der Waals surface area (Å²) < 4.78 is 1.81. The molecular formula is C19H17N3O. The van der Waals surface area contributed by atoms with Crippen molar-refractivity contribution in [2.24, 2.45) is 0 Å². The van der Waals surface area contributed by atoms with Crippen LogP contribution < -0.4 is 5.32 Å². The number of nitrogens with one attached hydrogen (secondary N) is 1. The van der Waals surface area contributed by atoms with Crippen molar-refractivity contribution in [1.82, 2.24) is 9.78 Å². The van der Waals surface area contributed by atoms with Crippen molar-refractivity contribution in [2.45, 2.75) is 6.92 Å². The number of benzene rings is 2. The van der Waals surface area contributed by atoms with Crippen LogP contribution in [0.3, 0.4) is 0 Å². The lowest BCUT2D eigenvalue weighted by atomic mass is 10.0. The summed E-state index contributed by atoms with van der Waals surface area (Å²) in [5.41, 5.74) is 3.75. The smallest absolute Gasteiger partial charge is 0.248 e. The Balaban J connectivity index is 1.99. The Kier molecular flexibility index (Phi) is 4.34. The van der Waals surface area contributed by atoms with Crippen LogP contribution in [-0.4, -0.2) is 15.7 Å². The SMILES string of the molecule is C/C=C/C(=O)Nc1ccccc1-c1cccc(-n2cccn2)c1. The first-order chi connectivity index (χ1) is 11.3. The summed E-state index contributed by atoms with van der Waals surface area (Å²) in [6.07, 6.45) is 6.88. The number of rotatable bonds is 4. The van der Waals surface area contributed by atoms with Crippen LogP contribution in [0.5, 0.6) is 0 Å². The van der Waals surface area contributed by atoms with Crippen LogP contribution in [0.25, 0.3) is 16.8 Å². The molecule has 1 N–H and O–H groups in total. The Bertz CT molecular complexity index is 835. The van der Waals surface area contributed by atoms with E-state index in [4.69, 9.17) is 0 Å². The quantitative estimate of drug-likeness (QED) is 0.739. The van der Waals surface area contributed by atoms with Gasteiger partial charge in [-0.3, -0.25) is 4.79 Å². The first-order valence-electron chi connectivity index (χ1n) is 7.41. The van der Waals surface area contributed by atoms with E-state index >= 15 is 0 Å². The summed E-state index contributed by atoms with van der Waals surface area (Å²) in [6, 6.07) is 17.7. The summed E-state index contributed by atoms with van der Waals surface area (Å²) in [6.45, 7) is 1.82. The topological polar surface area (TPSA) is 46.9 Å². The van der Waals surface area contributed by atoms with Crippen LogP contribution in [0.4, 0.5) is 5.69 Å². The fourth-order valence-electron chi connectivity index (χ4n) is 2.41. The van der Waals surface area contributed by atoms with Crippen LogP contribution in [0, 0.1) is 0 Å². The van der Waals surface area contributed by atoms with Crippen LogP contribution in [0.15, 0.2) is 79.1 Å². The van der Waals surface area contributed by atoms with Crippen molar-refractivity contribution >= 4 is 11.6 Å². The van der Waals surface area contributed by atoms with E-state index in [-0.39, 0.29) is 5.91 Å². The number of allylic oxidation sites excluding steroid dienone is 1. The third-order valence-corrected chi connectivity index (χ3v) is 3.43. The van der Waals surface area contributed by atoms with Gasteiger partial charge in [-0.2, -0.15) is 5.10 Å². The van der Waals surface area contributed by atoms with E-state index in [1.807, 2.05) is 72.4 Å². The monoisotopic (exact) mass is 303 g/mol. The number of aromatic nitrogens is 2. The molecule has 114 valence electrons. The molecule has 0 fully saturated rings. The molecule has 3 rings (SSSR count). The van der Waals surface area contributed by atoms with E-state index in [2.05, 4.69) is 10.4 Å². The van der Waals surface area contributed by atoms with Crippen LogP contribution in [0.1, 0.15) is 6.92 Å². The lowest BCUT2D eigenvalue weighted by Gasteiger charge is -2.11. The number of anilines is 1. The fourth-order valence-corrected chi connectivity index (χ4v) is 2.41. The molecule has 0 saturated carbocycles. The highest BCUT2D eigenvalue weighted by molar-refractivity contribution is 6.02. The van der Waals surface area contributed by atoms with Gasteiger partial charge in [0.15, 0.2) is 0 Å². The Morgan fingerprint density at radius 1 is 1.13 bits per heavy atom. The third kappa shape index (κ3) is 3.37. The van der Waals surface area contributed by atoms with Gasteiger partial charge in [0.1, 0.15) is 0 Å². The van der Waals surface area contributed by atoms with Gasteiger partial charge in [0.05, 0.1) is 5.69 Å². The van der Waals surface area contributed by atoms with Gasteiger partial charge in [-0.05, 0) is 42.8 Å². The molecule has 0 unspecified atom stereocenters. The second-order valence-electron chi connectivity index (χ2n) is 5.04. The molecule has 0 saturated heterocycles. The molecule has 0 aliphatic rings. The van der Waals surface area contributed by atoms with Gasteiger partial charge in [-0.25, -0.2) is 4.68 Å². The summed E-state index contributed by atoms with van der Waals surface area (Å²) >= 11 is 0. The molecule has 0 spiro atoms. The van der Waals surface area contributed by atoms with Crippen molar-refractivity contribution in [1.29, 1.82) is 0 Å². The number of amides is 1.